The number of benzene rings is 2. The molecule has 2 aromatic carbocycles. The topological polar surface area (TPSA) is 149 Å². The van der Waals surface area contributed by atoms with Gasteiger partial charge in [0, 0.05) is 43.6 Å². The summed E-state index contributed by atoms with van der Waals surface area (Å²) in [4.78, 5) is 28.4. The average Bonchev–Trinajstić information content (AvgIpc) is 3.67. The number of fused-ring (bicyclic) bond motifs is 1. The number of amides is 2. The molecule has 5 aromatic rings. The average molecular weight is 692 g/mol. The maximum Gasteiger partial charge on any atom is 0.417 e. The number of rotatable bonds is 7. The zero-order valence-electron chi connectivity index (χ0n) is 24.0. The van der Waals surface area contributed by atoms with Crippen LogP contribution in [-0.2, 0) is 22.6 Å². The fraction of sp³-hybridized carbons (Fsp3) is 0.250. The summed E-state index contributed by atoms with van der Waals surface area (Å²) in [6.07, 6.45) is -0.886. The van der Waals surface area contributed by atoms with Crippen molar-refractivity contribution in [3.63, 3.8) is 0 Å². The molecule has 1 saturated heterocycles. The van der Waals surface area contributed by atoms with E-state index in [0.717, 1.165) is 17.4 Å². The van der Waals surface area contributed by atoms with E-state index in [1.165, 1.54) is 42.7 Å². The van der Waals surface area contributed by atoms with E-state index in [2.05, 4.69) is 35.2 Å². The van der Waals surface area contributed by atoms with Crippen molar-refractivity contribution < 1.29 is 26.4 Å². The number of aryl methyl sites for hydroxylation is 1. The quantitative estimate of drug-likeness (QED) is 0.192. The lowest BCUT2D eigenvalue weighted by Crippen LogP contribution is -2.50. The van der Waals surface area contributed by atoms with Crippen molar-refractivity contribution in [2.24, 2.45) is 0 Å². The molecular weight excluding hydrogens is 667 g/mol. The molecule has 0 radical (unpaired) electrons. The molecule has 6 rings (SSSR count). The minimum absolute atomic E-state index is 0.00576. The fourth-order valence-electron chi connectivity index (χ4n) is 4.98. The summed E-state index contributed by atoms with van der Waals surface area (Å²) in [5, 5.41) is 11.6. The Balaban J connectivity index is 1.11. The maximum atomic E-state index is 13.3. The maximum absolute atomic E-state index is 13.3. The first-order valence-electron chi connectivity index (χ1n) is 13.9. The Hall–Kier alpha value is -4.48. The number of H-pyrrole nitrogens is 1. The number of piperazine rings is 1. The summed E-state index contributed by atoms with van der Waals surface area (Å²) in [5.74, 6) is 0.571. The van der Waals surface area contributed by atoms with Crippen molar-refractivity contribution in [1.29, 1.82) is 0 Å². The zero-order chi connectivity index (χ0) is 32.6. The largest absolute Gasteiger partial charge is 0.417 e. The highest BCUT2D eigenvalue weighted by atomic mass is 35.5. The van der Waals surface area contributed by atoms with E-state index in [9.17, 15) is 26.4 Å². The van der Waals surface area contributed by atoms with Crippen LogP contribution >= 0.6 is 22.9 Å². The van der Waals surface area contributed by atoms with Gasteiger partial charge in [-0.1, -0.05) is 35.9 Å². The number of aromatic amines is 1. The van der Waals surface area contributed by atoms with Crippen LogP contribution in [0.4, 0.5) is 34.6 Å². The molecule has 0 unspecified atom stereocenters. The van der Waals surface area contributed by atoms with Gasteiger partial charge in [0.25, 0.3) is 10.0 Å². The molecule has 2 amide bonds. The van der Waals surface area contributed by atoms with Gasteiger partial charge in [-0.3, -0.25) is 4.72 Å². The molecular formula is C28H25ClF3N9O3S2. The highest BCUT2D eigenvalue weighted by Crippen LogP contribution is 2.39. The van der Waals surface area contributed by atoms with Gasteiger partial charge in [0.05, 0.1) is 20.9 Å². The van der Waals surface area contributed by atoms with Crippen LogP contribution in [0.2, 0.25) is 5.02 Å². The van der Waals surface area contributed by atoms with Gasteiger partial charge < -0.3 is 20.1 Å². The first-order chi connectivity index (χ1) is 21.9. The Morgan fingerprint density at radius 1 is 1.07 bits per heavy atom. The Bertz CT molecular complexity index is 2010. The molecule has 240 valence electrons. The lowest BCUT2D eigenvalue weighted by Gasteiger charge is -2.35. The molecule has 3 N–H and O–H groups in total. The lowest BCUT2D eigenvalue weighted by molar-refractivity contribution is -0.137. The molecule has 18 heteroatoms. The van der Waals surface area contributed by atoms with E-state index in [1.807, 2.05) is 11.8 Å². The highest BCUT2D eigenvalue weighted by molar-refractivity contribution is 7.93. The number of carbonyl (C=O) groups excluding carboxylic acids is 1. The molecule has 1 aliphatic rings. The van der Waals surface area contributed by atoms with Gasteiger partial charge in [-0.2, -0.15) is 13.2 Å². The number of alkyl halides is 3. The van der Waals surface area contributed by atoms with Crippen LogP contribution < -0.4 is 14.9 Å². The number of anilines is 3. The third-order valence-corrected chi connectivity index (χ3v) is 10.1. The predicted molar refractivity (Wildman–Crippen MR) is 169 cm³/mol. The van der Waals surface area contributed by atoms with Gasteiger partial charge in [0.2, 0.25) is 5.13 Å². The van der Waals surface area contributed by atoms with Gasteiger partial charge >= 0.3 is 12.2 Å². The third-order valence-electron chi connectivity index (χ3n) is 7.31. The van der Waals surface area contributed by atoms with Crippen LogP contribution in [0.5, 0.6) is 0 Å². The van der Waals surface area contributed by atoms with E-state index in [-0.39, 0.29) is 16.1 Å². The number of hydrogen-bond acceptors (Lipinski definition) is 9. The number of urea groups is 1. The normalized spacial score (nSPS) is 14.1. The Labute approximate surface area is 269 Å². The van der Waals surface area contributed by atoms with Crippen molar-refractivity contribution in [2.75, 3.05) is 41.1 Å². The molecule has 0 saturated carbocycles. The van der Waals surface area contributed by atoms with E-state index < -0.39 is 26.8 Å². The number of hydrogen-bond donors (Lipinski definition) is 3. The van der Waals surface area contributed by atoms with Crippen molar-refractivity contribution in [1.82, 2.24) is 30.0 Å². The second-order valence-electron chi connectivity index (χ2n) is 10.2. The van der Waals surface area contributed by atoms with Crippen LogP contribution in [0, 0.1) is 0 Å². The summed E-state index contributed by atoms with van der Waals surface area (Å²) in [7, 11) is -3.88. The number of halogens is 4. The van der Waals surface area contributed by atoms with Gasteiger partial charge in [0.1, 0.15) is 22.8 Å². The molecule has 0 atom stereocenters. The van der Waals surface area contributed by atoms with Gasteiger partial charge in [-0.25, -0.2) is 23.2 Å². The highest BCUT2D eigenvalue weighted by Gasteiger charge is 2.33. The molecule has 0 spiro atoms. The van der Waals surface area contributed by atoms with Gasteiger partial charge in [-0.05, 0) is 48.4 Å². The minimum Gasteiger partial charge on any atom is -0.352 e. The van der Waals surface area contributed by atoms with Crippen LogP contribution in [0.1, 0.15) is 17.5 Å². The molecule has 46 heavy (non-hydrogen) atoms. The second-order valence-corrected chi connectivity index (χ2v) is 13.4. The summed E-state index contributed by atoms with van der Waals surface area (Å²) >= 11 is 7.14. The first-order valence-corrected chi connectivity index (χ1v) is 16.6. The van der Waals surface area contributed by atoms with E-state index in [1.54, 1.807) is 11.1 Å². The monoisotopic (exact) mass is 691 g/mol. The summed E-state index contributed by atoms with van der Waals surface area (Å²) < 4.78 is 67.6. The van der Waals surface area contributed by atoms with E-state index in [0.29, 0.717) is 71.3 Å². The number of aromatic nitrogens is 5. The molecule has 0 aliphatic carbocycles. The molecule has 12 nitrogen and oxygen atoms in total. The molecule has 3 aromatic heterocycles. The minimum atomic E-state index is -4.57. The molecule has 1 aliphatic heterocycles. The number of nitrogens with zero attached hydrogens (tertiary/aromatic N) is 6. The van der Waals surface area contributed by atoms with Crippen molar-refractivity contribution >= 4 is 66.7 Å². The van der Waals surface area contributed by atoms with Crippen molar-refractivity contribution in [2.45, 2.75) is 24.4 Å². The van der Waals surface area contributed by atoms with Crippen LogP contribution in [0.25, 0.3) is 22.2 Å². The zero-order valence-corrected chi connectivity index (χ0v) is 26.4. The number of nitrogens with one attached hydrogen (secondary N) is 3. The Morgan fingerprint density at radius 3 is 2.46 bits per heavy atom. The van der Waals surface area contributed by atoms with Crippen LogP contribution in [-0.4, -0.2) is 70.7 Å². The second kappa shape index (κ2) is 12.4. The number of sulfonamides is 1. The fourth-order valence-corrected chi connectivity index (χ4v) is 7.18. The standard InChI is InChI=1S/C28H25ClF3N9O3S2/c1-2-22-37-38-26(45-22)39-46(43,44)18-6-4-17(5-7-18)36-27(42)41-11-9-40(10-12-41)25-23-19(14-33-24(23)34-15-35-25)16-3-8-20(21(29)13-16)28(30,31)32/h3-8,13-15H,2,9-12H2,1H3,(H,36,42)(H,38,39)(H,33,34,35). The molecule has 4 heterocycles. The van der Waals surface area contributed by atoms with Crippen LogP contribution in [0.15, 0.2) is 59.9 Å². The molecule has 1 fully saturated rings. The lowest BCUT2D eigenvalue weighted by atomic mass is 10.0. The summed E-state index contributed by atoms with van der Waals surface area (Å²) in [6, 6.07) is 8.98. The van der Waals surface area contributed by atoms with Crippen molar-refractivity contribution in [3.05, 3.63) is 70.6 Å². The smallest absolute Gasteiger partial charge is 0.352 e. The third kappa shape index (κ3) is 6.43. The van der Waals surface area contributed by atoms with Crippen molar-refractivity contribution in [3.8, 4) is 11.1 Å². The van der Waals surface area contributed by atoms with Gasteiger partial charge in [0.15, 0.2) is 0 Å². The Kier molecular flexibility index (Phi) is 8.47. The Morgan fingerprint density at radius 2 is 1.80 bits per heavy atom. The van der Waals surface area contributed by atoms with E-state index in [4.69, 9.17) is 11.6 Å². The summed E-state index contributed by atoms with van der Waals surface area (Å²) in [5.41, 5.74) is 1.07. The molecule has 0 bridgehead atoms. The first kappa shape index (κ1) is 31.5. The predicted octanol–water partition coefficient (Wildman–Crippen LogP) is 5.87. The van der Waals surface area contributed by atoms with Gasteiger partial charge in [-0.15, -0.1) is 10.2 Å². The summed E-state index contributed by atoms with van der Waals surface area (Å²) in [6.45, 7) is 3.44. The SMILES string of the molecule is CCc1nnc(NS(=O)(=O)c2ccc(NC(=O)N3CCN(c4ncnc5[nH]cc(-c6ccc(C(F)(F)F)c(Cl)c6)c45)CC3)cc2)s1. The van der Waals surface area contributed by atoms with E-state index >= 15 is 0 Å². The van der Waals surface area contributed by atoms with Crippen LogP contribution in [0.3, 0.4) is 0 Å². The number of carbonyl (C=O) groups is 1.